The predicted molar refractivity (Wildman–Crippen MR) is 90.6 cm³/mol. The summed E-state index contributed by atoms with van der Waals surface area (Å²) >= 11 is 5.76. The number of esters is 1. The molecule has 0 saturated carbocycles. The maximum absolute atomic E-state index is 15.1. The number of nitrogens with zero attached hydrogens (tertiary/aromatic N) is 1. The van der Waals surface area contributed by atoms with Crippen LogP contribution in [-0.2, 0) is 4.74 Å². The van der Waals surface area contributed by atoms with E-state index in [0.29, 0.717) is 18.1 Å². The van der Waals surface area contributed by atoms with Gasteiger partial charge in [0, 0.05) is 18.1 Å². The molecule has 4 nitrogen and oxygen atoms in total. The molecule has 3 rings (SSSR count). The van der Waals surface area contributed by atoms with Gasteiger partial charge in [-0.15, -0.1) is 0 Å². The van der Waals surface area contributed by atoms with Crippen LogP contribution < -0.4 is 9.64 Å². The summed E-state index contributed by atoms with van der Waals surface area (Å²) in [6.45, 7) is 0.818. The third-order valence-corrected chi connectivity index (χ3v) is 4.35. The lowest BCUT2D eigenvalue weighted by Crippen LogP contribution is -2.24. The molecule has 1 aliphatic rings. The number of carbonyl (C=O) groups excluding carboxylic acids is 1. The fraction of sp³-hybridized carbons (Fsp3) is 0.278. The number of benzene rings is 2. The second-order valence-corrected chi connectivity index (χ2v) is 6.17. The van der Waals surface area contributed by atoms with Crippen LogP contribution >= 0.6 is 11.6 Å². The summed E-state index contributed by atoms with van der Waals surface area (Å²) in [6, 6.07) is 5.71. The molecule has 8 heteroatoms. The van der Waals surface area contributed by atoms with E-state index in [0.717, 1.165) is 20.0 Å². The first-order chi connectivity index (χ1) is 12.4. The van der Waals surface area contributed by atoms with E-state index in [4.69, 9.17) is 16.3 Å². The van der Waals surface area contributed by atoms with Crippen molar-refractivity contribution in [3.8, 4) is 11.5 Å². The third-order valence-electron chi connectivity index (χ3n) is 4.10. The van der Waals surface area contributed by atoms with Gasteiger partial charge in [-0.3, -0.25) is 0 Å². The molecule has 0 atom stereocenters. The van der Waals surface area contributed by atoms with Gasteiger partial charge in [0.25, 0.3) is 0 Å². The first-order valence-electron chi connectivity index (χ1n) is 7.91. The molecule has 2 aromatic rings. The maximum atomic E-state index is 15.1. The van der Waals surface area contributed by atoms with Crippen LogP contribution in [-0.4, -0.2) is 26.2 Å². The standard InChI is InChI=1S/C18H15ClF3NO3/c1-25-18(24)12-13(20)14(21)17(26-11-6-4-10(19)5-7-11)15(22)16(12)23-8-2-3-9-23/h4-7H,2-3,8-9H2,1H3. The number of anilines is 1. The van der Waals surface area contributed by atoms with Crippen LogP contribution in [0.25, 0.3) is 0 Å². The minimum atomic E-state index is -1.60. The number of carbonyl (C=O) groups is 1. The van der Waals surface area contributed by atoms with Crippen LogP contribution in [0.15, 0.2) is 24.3 Å². The molecule has 1 aliphatic heterocycles. The van der Waals surface area contributed by atoms with Gasteiger partial charge in [-0.2, -0.15) is 4.39 Å². The monoisotopic (exact) mass is 385 g/mol. The van der Waals surface area contributed by atoms with E-state index in [1.54, 1.807) is 0 Å². The largest absolute Gasteiger partial charge is 0.465 e. The quantitative estimate of drug-likeness (QED) is 0.552. The Balaban J connectivity index is 2.15. The summed E-state index contributed by atoms with van der Waals surface area (Å²) in [7, 11) is 1.02. The Morgan fingerprint density at radius 2 is 1.65 bits per heavy atom. The van der Waals surface area contributed by atoms with Gasteiger partial charge in [0.2, 0.25) is 11.6 Å². The van der Waals surface area contributed by atoms with Crippen LogP contribution in [0.4, 0.5) is 18.9 Å². The molecular weight excluding hydrogens is 371 g/mol. The zero-order chi connectivity index (χ0) is 18.8. The maximum Gasteiger partial charge on any atom is 0.343 e. The van der Waals surface area contributed by atoms with E-state index in [2.05, 4.69) is 4.74 Å². The zero-order valence-electron chi connectivity index (χ0n) is 13.8. The van der Waals surface area contributed by atoms with Gasteiger partial charge < -0.3 is 14.4 Å². The van der Waals surface area contributed by atoms with Crippen molar-refractivity contribution in [3.05, 3.63) is 52.3 Å². The predicted octanol–water partition coefficient (Wildman–Crippen LogP) is 4.94. The SMILES string of the molecule is COC(=O)c1c(F)c(F)c(Oc2ccc(Cl)cc2)c(F)c1N1CCCC1. The lowest BCUT2D eigenvalue weighted by Gasteiger charge is -2.23. The highest BCUT2D eigenvalue weighted by molar-refractivity contribution is 6.30. The molecule has 1 heterocycles. The Morgan fingerprint density at radius 3 is 2.23 bits per heavy atom. The number of methoxy groups -OCH3 is 1. The highest BCUT2D eigenvalue weighted by Gasteiger charge is 2.34. The van der Waals surface area contributed by atoms with Gasteiger partial charge in [-0.05, 0) is 37.1 Å². The number of rotatable bonds is 4. The molecule has 0 amide bonds. The van der Waals surface area contributed by atoms with Gasteiger partial charge in [0.15, 0.2) is 11.6 Å². The Labute approximate surface area is 153 Å². The average Bonchev–Trinajstić information content (AvgIpc) is 3.16. The highest BCUT2D eigenvalue weighted by Crippen LogP contribution is 2.40. The highest BCUT2D eigenvalue weighted by atomic mass is 35.5. The van der Waals surface area contributed by atoms with E-state index in [-0.39, 0.29) is 11.4 Å². The number of ether oxygens (including phenoxy) is 2. The lowest BCUT2D eigenvalue weighted by atomic mass is 10.1. The molecule has 1 fully saturated rings. The second kappa shape index (κ2) is 7.45. The summed E-state index contributed by atoms with van der Waals surface area (Å²) < 4.78 is 53.9. The summed E-state index contributed by atoms with van der Waals surface area (Å²) in [4.78, 5) is 13.4. The molecule has 0 N–H and O–H groups in total. The normalized spacial score (nSPS) is 13.8. The molecule has 26 heavy (non-hydrogen) atoms. The van der Waals surface area contributed by atoms with E-state index in [9.17, 15) is 13.6 Å². The van der Waals surface area contributed by atoms with Crippen LogP contribution in [0, 0.1) is 17.5 Å². The first kappa shape index (κ1) is 18.4. The molecule has 0 spiro atoms. The van der Waals surface area contributed by atoms with Gasteiger partial charge in [0.1, 0.15) is 11.3 Å². The smallest absolute Gasteiger partial charge is 0.343 e. The van der Waals surface area contributed by atoms with Crippen LogP contribution in [0.1, 0.15) is 23.2 Å². The summed E-state index contributed by atoms with van der Waals surface area (Å²) in [5, 5.41) is 0.406. The van der Waals surface area contributed by atoms with Crippen LogP contribution in [0.5, 0.6) is 11.5 Å². The van der Waals surface area contributed by atoms with Crippen molar-refractivity contribution < 1.29 is 27.4 Å². The molecule has 0 unspecified atom stereocenters. The van der Waals surface area contributed by atoms with Crippen molar-refractivity contribution in [2.75, 3.05) is 25.1 Å². The molecular formula is C18H15ClF3NO3. The Morgan fingerprint density at radius 1 is 1.04 bits per heavy atom. The minimum Gasteiger partial charge on any atom is -0.465 e. The van der Waals surface area contributed by atoms with Gasteiger partial charge in [0.05, 0.1) is 12.8 Å². The number of hydrogen-bond acceptors (Lipinski definition) is 4. The fourth-order valence-electron chi connectivity index (χ4n) is 2.86. The molecule has 0 aromatic heterocycles. The van der Waals surface area contributed by atoms with E-state index in [1.807, 2.05) is 0 Å². The van der Waals surface area contributed by atoms with E-state index < -0.39 is 34.7 Å². The van der Waals surface area contributed by atoms with Crippen LogP contribution in [0.3, 0.4) is 0 Å². The molecule has 0 aliphatic carbocycles. The molecule has 138 valence electrons. The average molecular weight is 386 g/mol. The molecule has 2 aromatic carbocycles. The van der Waals surface area contributed by atoms with E-state index >= 15 is 4.39 Å². The fourth-order valence-corrected chi connectivity index (χ4v) is 2.99. The lowest BCUT2D eigenvalue weighted by molar-refractivity contribution is 0.0594. The van der Waals surface area contributed by atoms with Crippen LogP contribution in [0.2, 0.25) is 5.02 Å². The van der Waals surface area contributed by atoms with Gasteiger partial charge >= 0.3 is 5.97 Å². The number of halogens is 4. The van der Waals surface area contributed by atoms with Gasteiger partial charge in [-0.25, -0.2) is 13.6 Å². The van der Waals surface area contributed by atoms with E-state index in [1.165, 1.54) is 29.2 Å². The van der Waals surface area contributed by atoms with Crippen molar-refractivity contribution in [1.29, 1.82) is 0 Å². The molecule has 1 saturated heterocycles. The Bertz CT molecular complexity index is 837. The Kier molecular flexibility index (Phi) is 5.27. The summed E-state index contributed by atoms with van der Waals surface area (Å²) in [5.74, 6) is -6.25. The summed E-state index contributed by atoms with van der Waals surface area (Å²) in [5.41, 5.74) is -1.12. The second-order valence-electron chi connectivity index (χ2n) is 5.74. The minimum absolute atomic E-state index is 0.0739. The van der Waals surface area contributed by atoms with Crippen molar-refractivity contribution in [1.82, 2.24) is 0 Å². The zero-order valence-corrected chi connectivity index (χ0v) is 14.6. The van der Waals surface area contributed by atoms with Crippen molar-refractivity contribution in [2.24, 2.45) is 0 Å². The third kappa shape index (κ3) is 3.31. The molecule has 0 radical (unpaired) electrons. The number of hydrogen-bond donors (Lipinski definition) is 0. The van der Waals surface area contributed by atoms with Gasteiger partial charge in [-0.1, -0.05) is 11.6 Å². The van der Waals surface area contributed by atoms with Crippen molar-refractivity contribution in [2.45, 2.75) is 12.8 Å². The van der Waals surface area contributed by atoms with Crippen molar-refractivity contribution in [3.63, 3.8) is 0 Å². The summed E-state index contributed by atoms with van der Waals surface area (Å²) in [6.07, 6.45) is 1.48. The first-order valence-corrected chi connectivity index (χ1v) is 8.29. The topological polar surface area (TPSA) is 38.8 Å². The van der Waals surface area contributed by atoms with Crippen molar-refractivity contribution >= 4 is 23.3 Å². The molecule has 0 bridgehead atoms. The Hall–Kier alpha value is -2.41.